The topological polar surface area (TPSA) is 17.1 Å². The van der Waals surface area contributed by atoms with Crippen LogP contribution in [-0.2, 0) is 4.79 Å². The lowest BCUT2D eigenvalue weighted by Crippen LogP contribution is -2.35. The molecule has 5 atom stereocenters. The monoisotopic (exact) mass is 180 g/mol. The van der Waals surface area contributed by atoms with Gasteiger partial charge in [0.25, 0.3) is 0 Å². The van der Waals surface area contributed by atoms with Gasteiger partial charge in [0.05, 0.1) is 5.41 Å². The first-order valence-electron chi connectivity index (χ1n) is 4.71. The van der Waals surface area contributed by atoms with Crippen molar-refractivity contribution >= 4 is 18.4 Å². The minimum Gasteiger partial charge on any atom is -0.299 e. The van der Waals surface area contributed by atoms with E-state index in [4.69, 9.17) is 0 Å². The average molecular weight is 180 g/mol. The first kappa shape index (κ1) is 6.47. The number of hydrogen-bond acceptors (Lipinski definition) is 2. The Morgan fingerprint density at radius 1 is 1.58 bits per heavy atom. The number of rotatable bonds is 1. The summed E-state index contributed by atoms with van der Waals surface area (Å²) in [5, 5.41) is 0. The zero-order chi connectivity index (χ0) is 8.57. The van der Waals surface area contributed by atoms with Crippen molar-refractivity contribution in [2.75, 3.05) is 5.75 Å². The van der Waals surface area contributed by atoms with Gasteiger partial charge in [0.1, 0.15) is 5.78 Å². The molecule has 4 fully saturated rings. The highest BCUT2D eigenvalue weighted by Gasteiger charge is 3.25. The molecule has 4 aliphatic carbocycles. The second-order valence-corrected chi connectivity index (χ2v) is 5.69. The Morgan fingerprint density at radius 2 is 2.25 bits per heavy atom. The van der Waals surface area contributed by atoms with Gasteiger partial charge in [-0.1, -0.05) is 13.8 Å². The Balaban J connectivity index is 1.97. The highest BCUT2D eigenvalue weighted by Crippen LogP contribution is 3.25. The summed E-state index contributed by atoms with van der Waals surface area (Å²) in [4.78, 5) is 11.7. The van der Waals surface area contributed by atoms with Crippen molar-refractivity contribution in [3.63, 3.8) is 0 Å². The van der Waals surface area contributed by atoms with Gasteiger partial charge in [0.15, 0.2) is 0 Å². The van der Waals surface area contributed by atoms with Crippen molar-refractivity contribution in [2.45, 2.75) is 20.3 Å². The highest BCUT2D eigenvalue weighted by atomic mass is 32.1. The largest absolute Gasteiger partial charge is 0.299 e. The number of hydrogen-bond donors (Lipinski definition) is 1. The predicted molar refractivity (Wildman–Crippen MR) is 48.0 cm³/mol. The summed E-state index contributed by atoms with van der Waals surface area (Å²) >= 11 is 4.37. The SMILES string of the molecule is CC12C3CC(=O)C4(CS)C1(C)C342. The quantitative estimate of drug-likeness (QED) is 0.606. The molecule has 64 valence electrons. The first-order valence-corrected chi connectivity index (χ1v) is 5.35. The van der Waals surface area contributed by atoms with Crippen LogP contribution in [0.5, 0.6) is 0 Å². The summed E-state index contributed by atoms with van der Waals surface area (Å²) < 4.78 is 0. The van der Waals surface area contributed by atoms with Crippen LogP contribution in [0.3, 0.4) is 0 Å². The maximum atomic E-state index is 11.7. The van der Waals surface area contributed by atoms with Crippen LogP contribution >= 0.6 is 12.6 Å². The summed E-state index contributed by atoms with van der Waals surface area (Å²) in [5.41, 5.74) is 1.51. The fourth-order valence-corrected chi connectivity index (χ4v) is 6.58. The van der Waals surface area contributed by atoms with E-state index in [1.54, 1.807) is 0 Å². The van der Waals surface area contributed by atoms with E-state index >= 15 is 0 Å². The number of Topliss-reactive ketones (excluding diaryl/α,β-unsaturated/α-hetero) is 1. The second kappa shape index (κ2) is 1.08. The van der Waals surface area contributed by atoms with E-state index in [2.05, 4.69) is 26.5 Å². The maximum Gasteiger partial charge on any atom is 0.141 e. The van der Waals surface area contributed by atoms with E-state index < -0.39 is 0 Å². The third kappa shape index (κ3) is 0.199. The molecule has 2 heteroatoms. The average Bonchev–Trinajstić information content (AvgIpc) is 2.80. The van der Waals surface area contributed by atoms with Crippen molar-refractivity contribution in [3.8, 4) is 0 Å². The van der Waals surface area contributed by atoms with Crippen molar-refractivity contribution in [3.05, 3.63) is 0 Å². The van der Waals surface area contributed by atoms with Crippen molar-refractivity contribution < 1.29 is 4.79 Å². The molecule has 0 N–H and O–H groups in total. The van der Waals surface area contributed by atoms with Crippen LogP contribution in [-0.4, -0.2) is 11.5 Å². The smallest absolute Gasteiger partial charge is 0.141 e. The van der Waals surface area contributed by atoms with Gasteiger partial charge in [-0.3, -0.25) is 4.79 Å². The molecule has 4 rings (SSSR count). The van der Waals surface area contributed by atoms with E-state index in [0.29, 0.717) is 22.0 Å². The van der Waals surface area contributed by atoms with Gasteiger partial charge < -0.3 is 0 Å². The molecule has 5 unspecified atom stereocenters. The van der Waals surface area contributed by atoms with E-state index in [1.165, 1.54) is 0 Å². The molecule has 0 bridgehead atoms. The molecule has 4 saturated carbocycles. The molecule has 0 heterocycles. The standard InChI is InChI=1S/C10H12OS/c1-7-5-3-6(11)9(4-12)8(7,2)10(5,7)9/h5,12H,3-4H2,1-2H3. The van der Waals surface area contributed by atoms with Crippen LogP contribution in [0.1, 0.15) is 20.3 Å². The summed E-state index contributed by atoms with van der Waals surface area (Å²) in [6, 6.07) is 0. The van der Waals surface area contributed by atoms with Crippen LogP contribution in [0.25, 0.3) is 0 Å². The van der Waals surface area contributed by atoms with Gasteiger partial charge in [-0.2, -0.15) is 12.6 Å². The number of thiol groups is 1. The molecule has 0 amide bonds. The first-order chi connectivity index (χ1) is 5.57. The third-order valence-corrected chi connectivity index (χ3v) is 6.76. The molecular weight excluding hydrogens is 168 g/mol. The summed E-state index contributed by atoms with van der Waals surface area (Å²) in [6.45, 7) is 4.67. The molecule has 1 nitrogen and oxygen atoms in total. The maximum absolute atomic E-state index is 11.7. The molecule has 1 spiro atoms. The molecular formula is C10H12OS. The van der Waals surface area contributed by atoms with Crippen LogP contribution in [0.15, 0.2) is 0 Å². The minimum atomic E-state index is 0.0581. The van der Waals surface area contributed by atoms with Crippen LogP contribution < -0.4 is 0 Å². The summed E-state index contributed by atoms with van der Waals surface area (Å²) in [7, 11) is 0. The fourth-order valence-electron chi connectivity index (χ4n) is 5.84. The van der Waals surface area contributed by atoms with Crippen molar-refractivity contribution in [1.82, 2.24) is 0 Å². The zero-order valence-electron chi connectivity index (χ0n) is 7.35. The number of carbonyl (C=O) groups excluding carboxylic acids is 1. The van der Waals surface area contributed by atoms with Crippen molar-refractivity contribution in [2.24, 2.45) is 27.6 Å². The normalized spacial score (nSPS) is 79.9. The molecule has 0 aromatic carbocycles. The number of ketones is 1. The van der Waals surface area contributed by atoms with Crippen LogP contribution in [0, 0.1) is 27.6 Å². The van der Waals surface area contributed by atoms with Crippen LogP contribution in [0.4, 0.5) is 0 Å². The Bertz CT molecular complexity index is 365. The van der Waals surface area contributed by atoms with Gasteiger partial charge in [-0.25, -0.2) is 0 Å². The lowest BCUT2D eigenvalue weighted by atomic mass is 9.73. The zero-order valence-corrected chi connectivity index (χ0v) is 8.24. The van der Waals surface area contributed by atoms with Crippen LogP contribution in [0.2, 0.25) is 0 Å². The Labute approximate surface area is 77.3 Å². The molecule has 0 aromatic rings. The summed E-state index contributed by atoms with van der Waals surface area (Å²) in [5.74, 6) is 2.08. The van der Waals surface area contributed by atoms with Gasteiger partial charge in [-0.15, -0.1) is 0 Å². The van der Waals surface area contributed by atoms with E-state index in [-0.39, 0.29) is 5.41 Å². The summed E-state index contributed by atoms with van der Waals surface area (Å²) in [6.07, 6.45) is 0.868. The molecule has 12 heavy (non-hydrogen) atoms. The van der Waals surface area contributed by atoms with Crippen molar-refractivity contribution in [1.29, 1.82) is 0 Å². The molecule has 0 aliphatic heterocycles. The molecule has 0 radical (unpaired) electrons. The van der Waals surface area contributed by atoms with Gasteiger partial charge >= 0.3 is 0 Å². The number of carbonyl (C=O) groups is 1. The number of fused-ring (bicyclic) bond motifs is 3. The Kier molecular flexibility index (Phi) is 0.582. The Morgan fingerprint density at radius 3 is 2.67 bits per heavy atom. The minimum absolute atomic E-state index is 0.0581. The lowest BCUT2D eigenvalue weighted by Gasteiger charge is -2.30. The lowest BCUT2D eigenvalue weighted by molar-refractivity contribution is -0.128. The second-order valence-electron chi connectivity index (χ2n) is 5.38. The van der Waals surface area contributed by atoms with Gasteiger partial charge in [-0.05, 0) is 16.7 Å². The van der Waals surface area contributed by atoms with Gasteiger partial charge in [0, 0.05) is 17.6 Å². The Hall–Kier alpha value is 0.0200. The predicted octanol–water partition coefficient (Wildman–Crippen LogP) is 1.53. The van der Waals surface area contributed by atoms with Gasteiger partial charge in [0.2, 0.25) is 0 Å². The molecule has 0 saturated heterocycles. The third-order valence-electron chi connectivity index (χ3n) is 6.29. The molecule has 0 aromatic heterocycles. The van der Waals surface area contributed by atoms with E-state index in [0.717, 1.165) is 18.1 Å². The highest BCUT2D eigenvalue weighted by molar-refractivity contribution is 7.80. The van der Waals surface area contributed by atoms with E-state index in [1.807, 2.05) is 0 Å². The fraction of sp³-hybridized carbons (Fsp3) is 0.900. The van der Waals surface area contributed by atoms with E-state index in [9.17, 15) is 4.79 Å². The molecule has 4 aliphatic rings.